The number of carbonyl (C=O) groups excluding carboxylic acids is 1. The van der Waals surface area contributed by atoms with Crippen molar-refractivity contribution in [3.63, 3.8) is 0 Å². The van der Waals surface area contributed by atoms with Crippen molar-refractivity contribution in [1.29, 1.82) is 0 Å². The first kappa shape index (κ1) is 24.4. The number of anilines is 1. The molecule has 11 heteroatoms. The Morgan fingerprint density at radius 2 is 1.95 bits per heavy atom. The number of aromatic nitrogens is 6. The van der Waals surface area contributed by atoms with E-state index in [9.17, 15) is 4.79 Å². The van der Waals surface area contributed by atoms with E-state index in [1.54, 1.807) is 53.0 Å². The molecule has 0 saturated carbocycles. The summed E-state index contributed by atoms with van der Waals surface area (Å²) >= 11 is 1.59. The van der Waals surface area contributed by atoms with Crippen molar-refractivity contribution in [1.82, 2.24) is 35.3 Å². The van der Waals surface area contributed by atoms with Crippen LogP contribution < -0.4 is 10.2 Å². The number of hydrogen-bond acceptors (Lipinski definition) is 8. The molecule has 1 atom stereocenters. The molecule has 1 aromatic carbocycles. The molecule has 1 saturated heterocycles. The first-order valence-corrected chi connectivity index (χ1v) is 13.8. The van der Waals surface area contributed by atoms with Crippen LogP contribution >= 0.6 is 11.3 Å². The van der Waals surface area contributed by atoms with Crippen LogP contribution in [-0.2, 0) is 0 Å². The molecule has 0 radical (unpaired) electrons. The Morgan fingerprint density at radius 1 is 1.02 bits per heavy atom. The van der Waals surface area contributed by atoms with E-state index < -0.39 is 11.7 Å². The van der Waals surface area contributed by atoms with Gasteiger partial charge in [0.25, 0.3) is 5.91 Å². The van der Waals surface area contributed by atoms with Crippen molar-refractivity contribution in [2.24, 2.45) is 0 Å². The van der Waals surface area contributed by atoms with Crippen molar-refractivity contribution in [2.45, 2.75) is 18.9 Å². The number of rotatable bonds is 5. The summed E-state index contributed by atoms with van der Waals surface area (Å²) in [6.45, 7) is 1.47. The van der Waals surface area contributed by atoms with Gasteiger partial charge in [-0.15, -0.1) is 16.4 Å². The summed E-state index contributed by atoms with van der Waals surface area (Å²) in [4.78, 5) is 30.3. The highest BCUT2D eigenvalue weighted by Crippen LogP contribution is 2.38. The molecule has 9 nitrogen and oxygen atoms in total. The lowest BCUT2D eigenvalue weighted by Gasteiger charge is -2.34. The first-order valence-electron chi connectivity index (χ1n) is 13.0. The van der Waals surface area contributed by atoms with E-state index in [1.807, 2.05) is 30.3 Å². The lowest BCUT2D eigenvalue weighted by molar-refractivity contribution is 0.0968. The Morgan fingerprint density at radius 3 is 2.77 bits per heavy atom. The first-order chi connectivity index (χ1) is 19.7. The van der Waals surface area contributed by atoms with Crippen molar-refractivity contribution in [2.75, 3.05) is 18.0 Å². The van der Waals surface area contributed by atoms with Gasteiger partial charge in [0, 0.05) is 41.3 Å². The second kappa shape index (κ2) is 10.2. The summed E-state index contributed by atoms with van der Waals surface area (Å²) in [5, 5.41) is 12.4. The van der Waals surface area contributed by atoms with E-state index in [0.717, 1.165) is 40.0 Å². The highest BCUT2D eigenvalue weighted by atomic mass is 32.1. The van der Waals surface area contributed by atoms with Crippen LogP contribution in [0.25, 0.3) is 37.5 Å². The third-order valence-electron chi connectivity index (χ3n) is 7.06. The number of carbonyl (C=O) groups is 1. The average Bonchev–Trinajstić information content (AvgIpc) is 3.64. The maximum absolute atomic E-state index is 15.7. The smallest absolute Gasteiger partial charge is 0.262 e. The Labute approximate surface area is 232 Å². The zero-order valence-electron chi connectivity index (χ0n) is 21.2. The summed E-state index contributed by atoms with van der Waals surface area (Å²) in [6, 6.07) is 17.6. The van der Waals surface area contributed by atoms with Gasteiger partial charge in [-0.25, -0.2) is 14.4 Å². The fourth-order valence-electron chi connectivity index (χ4n) is 5.14. The maximum atomic E-state index is 15.7. The van der Waals surface area contributed by atoms with Gasteiger partial charge >= 0.3 is 0 Å². The topological polar surface area (TPSA) is 102 Å². The van der Waals surface area contributed by atoms with Crippen LogP contribution in [0, 0.1) is 5.82 Å². The summed E-state index contributed by atoms with van der Waals surface area (Å²) in [6.07, 6.45) is 6.78. The molecule has 0 aliphatic carbocycles. The summed E-state index contributed by atoms with van der Waals surface area (Å²) < 4.78 is 18.1. The number of halogens is 1. The van der Waals surface area contributed by atoms with Gasteiger partial charge in [-0.3, -0.25) is 14.7 Å². The lowest BCUT2D eigenvalue weighted by atomic mass is 10.0. The van der Waals surface area contributed by atoms with Crippen molar-refractivity contribution in [3.05, 3.63) is 90.6 Å². The SMILES string of the molecule is O=C(c1ccc(-n2nnc3cccnc32)cc1F)N(c1nccc2sc(-c3ccccn3)cc12)[C@@H]1CCCNC1. The molecule has 0 spiro atoms. The summed E-state index contributed by atoms with van der Waals surface area (Å²) in [7, 11) is 0. The van der Waals surface area contributed by atoms with Gasteiger partial charge in [0.15, 0.2) is 5.65 Å². The molecule has 198 valence electrons. The van der Waals surface area contributed by atoms with E-state index >= 15 is 4.39 Å². The molecule has 5 aromatic heterocycles. The van der Waals surface area contributed by atoms with Crippen LogP contribution in [0.5, 0.6) is 0 Å². The van der Waals surface area contributed by atoms with Gasteiger partial charge < -0.3 is 5.32 Å². The second-order valence-corrected chi connectivity index (χ2v) is 10.6. The number of hydrogen-bond donors (Lipinski definition) is 1. The van der Waals surface area contributed by atoms with Crippen molar-refractivity contribution < 1.29 is 9.18 Å². The number of nitrogens with zero attached hydrogens (tertiary/aromatic N) is 7. The van der Waals surface area contributed by atoms with Crippen LogP contribution in [0.3, 0.4) is 0 Å². The molecule has 1 aliphatic rings. The predicted octanol–water partition coefficient (Wildman–Crippen LogP) is 5.03. The number of thiophene rings is 1. The predicted molar refractivity (Wildman–Crippen MR) is 152 cm³/mol. The Kier molecular flexibility index (Phi) is 6.21. The Hall–Kier alpha value is -4.61. The highest BCUT2D eigenvalue weighted by molar-refractivity contribution is 7.22. The quantitative estimate of drug-likeness (QED) is 0.321. The standard InChI is InChI=1S/C29H23FN8OS/c30-22-15-18(38-28-24(35-36-38)7-4-13-33-28)8-9-20(22)29(39)37(19-5-3-11-31-17-19)27-21-16-26(23-6-1-2-12-32-23)40-25(21)10-14-34-27/h1-2,4,6-10,12-16,19,31H,3,5,11,17H2/t19-/m1/s1. The summed E-state index contributed by atoms with van der Waals surface area (Å²) in [5.74, 6) is -0.572. The number of nitrogens with one attached hydrogen (secondary N) is 1. The molecule has 0 bridgehead atoms. The van der Waals surface area contributed by atoms with Gasteiger partial charge in [0.2, 0.25) is 0 Å². The number of amides is 1. The van der Waals surface area contributed by atoms with Gasteiger partial charge in [-0.1, -0.05) is 11.3 Å². The summed E-state index contributed by atoms with van der Waals surface area (Å²) in [5.41, 5.74) is 2.35. The zero-order chi connectivity index (χ0) is 27.1. The highest BCUT2D eigenvalue weighted by Gasteiger charge is 2.32. The monoisotopic (exact) mass is 550 g/mol. The molecular formula is C29H23FN8OS. The van der Waals surface area contributed by atoms with Gasteiger partial charge in [0.05, 0.1) is 27.9 Å². The number of piperidine rings is 1. The maximum Gasteiger partial charge on any atom is 0.262 e. The van der Waals surface area contributed by atoms with E-state index in [0.29, 0.717) is 29.2 Å². The van der Waals surface area contributed by atoms with Gasteiger partial charge in [-0.05, 0) is 67.9 Å². The molecule has 1 aliphatic heterocycles. The molecule has 1 amide bonds. The van der Waals surface area contributed by atoms with Crippen LogP contribution in [-0.4, -0.2) is 55.0 Å². The second-order valence-electron chi connectivity index (χ2n) is 9.56. The molecule has 6 heterocycles. The number of fused-ring (bicyclic) bond motifs is 2. The van der Waals surface area contributed by atoms with Crippen molar-refractivity contribution in [3.8, 4) is 16.3 Å². The van der Waals surface area contributed by atoms with Crippen LogP contribution in [0.1, 0.15) is 23.2 Å². The molecule has 40 heavy (non-hydrogen) atoms. The third-order valence-corrected chi connectivity index (χ3v) is 8.18. The molecule has 7 rings (SSSR count). The Balaban J connectivity index is 1.31. The fraction of sp³-hybridized carbons (Fsp3) is 0.172. The van der Waals surface area contributed by atoms with Gasteiger partial charge in [-0.2, -0.15) is 4.68 Å². The molecule has 6 aromatic rings. The van der Waals surface area contributed by atoms with Crippen molar-refractivity contribution >= 4 is 44.3 Å². The molecule has 0 unspecified atom stereocenters. The molecule has 1 fully saturated rings. The normalized spacial score (nSPS) is 15.5. The molecule has 1 N–H and O–H groups in total. The van der Waals surface area contributed by atoms with E-state index in [-0.39, 0.29) is 11.6 Å². The molecular weight excluding hydrogens is 527 g/mol. The lowest BCUT2D eigenvalue weighted by Crippen LogP contribution is -2.49. The fourth-order valence-corrected chi connectivity index (χ4v) is 6.17. The Bertz CT molecular complexity index is 1850. The zero-order valence-corrected chi connectivity index (χ0v) is 22.1. The van der Waals surface area contributed by atoms with E-state index in [2.05, 4.69) is 30.6 Å². The van der Waals surface area contributed by atoms with Gasteiger partial charge in [0.1, 0.15) is 17.2 Å². The average molecular weight is 551 g/mol. The van der Waals surface area contributed by atoms with Crippen LogP contribution in [0.4, 0.5) is 10.2 Å². The van der Waals surface area contributed by atoms with E-state index in [4.69, 9.17) is 0 Å². The number of pyridine rings is 3. The number of benzene rings is 1. The minimum Gasteiger partial charge on any atom is -0.315 e. The minimum atomic E-state index is -0.650. The van der Waals surface area contributed by atoms with Crippen LogP contribution in [0.15, 0.2) is 79.3 Å². The van der Waals surface area contributed by atoms with Crippen LogP contribution in [0.2, 0.25) is 0 Å². The third kappa shape index (κ3) is 4.29. The van der Waals surface area contributed by atoms with E-state index in [1.165, 1.54) is 16.8 Å². The largest absolute Gasteiger partial charge is 0.315 e. The minimum absolute atomic E-state index is 0.0364.